The SMILES string of the molecule is Cc1nc(CCCCN)sc1C(=O)O. The molecular formula is C9H14N2O2S. The Hall–Kier alpha value is -0.940. The maximum atomic E-state index is 10.7. The van der Waals surface area contributed by atoms with Gasteiger partial charge in [-0.2, -0.15) is 0 Å². The number of hydrogen-bond donors (Lipinski definition) is 2. The number of rotatable bonds is 5. The normalized spacial score (nSPS) is 10.4. The van der Waals surface area contributed by atoms with Gasteiger partial charge in [0.1, 0.15) is 4.88 Å². The first-order valence-corrected chi connectivity index (χ1v) is 5.36. The second kappa shape index (κ2) is 5.07. The van der Waals surface area contributed by atoms with E-state index >= 15 is 0 Å². The molecule has 5 heteroatoms. The number of thiazole rings is 1. The molecule has 0 amide bonds. The monoisotopic (exact) mass is 214 g/mol. The number of unbranched alkanes of at least 4 members (excludes halogenated alkanes) is 1. The van der Waals surface area contributed by atoms with E-state index in [0.29, 0.717) is 17.1 Å². The molecule has 1 aromatic heterocycles. The summed E-state index contributed by atoms with van der Waals surface area (Å²) < 4.78 is 0. The summed E-state index contributed by atoms with van der Waals surface area (Å²) in [6, 6.07) is 0. The van der Waals surface area contributed by atoms with Gasteiger partial charge < -0.3 is 10.8 Å². The smallest absolute Gasteiger partial charge is 0.347 e. The molecule has 0 aromatic carbocycles. The Labute approximate surface area is 86.8 Å². The second-order valence-corrected chi connectivity index (χ2v) is 4.16. The van der Waals surface area contributed by atoms with Crippen molar-refractivity contribution in [3.05, 3.63) is 15.6 Å². The number of carbonyl (C=O) groups is 1. The molecule has 0 fully saturated rings. The van der Waals surface area contributed by atoms with Crippen LogP contribution >= 0.6 is 11.3 Å². The Kier molecular flexibility index (Phi) is 4.03. The Morgan fingerprint density at radius 3 is 2.79 bits per heavy atom. The molecule has 0 atom stereocenters. The molecule has 1 heterocycles. The molecular weight excluding hydrogens is 200 g/mol. The molecule has 1 aromatic rings. The zero-order valence-electron chi connectivity index (χ0n) is 8.12. The highest BCUT2D eigenvalue weighted by molar-refractivity contribution is 7.13. The van der Waals surface area contributed by atoms with Gasteiger partial charge in [-0.3, -0.25) is 0 Å². The topological polar surface area (TPSA) is 76.2 Å². The Morgan fingerprint density at radius 2 is 2.29 bits per heavy atom. The molecule has 0 aliphatic rings. The molecule has 0 bridgehead atoms. The maximum absolute atomic E-state index is 10.7. The van der Waals surface area contributed by atoms with Crippen molar-refractivity contribution in [1.29, 1.82) is 0 Å². The molecule has 0 aliphatic carbocycles. The predicted octanol–water partition coefficient (Wildman–Crippen LogP) is 1.43. The summed E-state index contributed by atoms with van der Waals surface area (Å²) in [5, 5.41) is 9.70. The molecule has 0 radical (unpaired) electrons. The van der Waals surface area contributed by atoms with E-state index < -0.39 is 5.97 Å². The standard InChI is InChI=1S/C9H14N2O2S/c1-6-8(9(12)13)14-7(11-6)4-2-3-5-10/h2-5,10H2,1H3,(H,12,13). The zero-order valence-corrected chi connectivity index (χ0v) is 8.93. The van der Waals surface area contributed by atoms with Gasteiger partial charge in [0.05, 0.1) is 10.7 Å². The largest absolute Gasteiger partial charge is 0.477 e. The predicted molar refractivity (Wildman–Crippen MR) is 55.8 cm³/mol. The third-order valence-electron chi connectivity index (χ3n) is 1.88. The molecule has 0 saturated heterocycles. The van der Waals surface area contributed by atoms with Gasteiger partial charge in [-0.15, -0.1) is 11.3 Å². The summed E-state index contributed by atoms with van der Waals surface area (Å²) in [5.74, 6) is -0.884. The fraction of sp³-hybridized carbons (Fsp3) is 0.556. The molecule has 0 spiro atoms. The van der Waals surface area contributed by atoms with Crippen LogP contribution in [0.1, 0.15) is 33.2 Å². The van der Waals surface area contributed by atoms with Crippen LogP contribution in [0.5, 0.6) is 0 Å². The molecule has 0 unspecified atom stereocenters. The zero-order chi connectivity index (χ0) is 10.6. The number of aryl methyl sites for hydroxylation is 2. The van der Waals surface area contributed by atoms with E-state index in [4.69, 9.17) is 10.8 Å². The highest BCUT2D eigenvalue weighted by Crippen LogP contribution is 2.19. The van der Waals surface area contributed by atoms with Crippen molar-refractivity contribution in [3.8, 4) is 0 Å². The van der Waals surface area contributed by atoms with Crippen molar-refractivity contribution >= 4 is 17.3 Å². The van der Waals surface area contributed by atoms with Crippen LogP contribution in [-0.4, -0.2) is 22.6 Å². The van der Waals surface area contributed by atoms with Crippen LogP contribution in [0.3, 0.4) is 0 Å². The van der Waals surface area contributed by atoms with Crippen molar-refractivity contribution < 1.29 is 9.90 Å². The van der Waals surface area contributed by atoms with Crippen LogP contribution in [0.4, 0.5) is 0 Å². The number of carboxylic acids is 1. The Morgan fingerprint density at radius 1 is 1.57 bits per heavy atom. The highest BCUT2D eigenvalue weighted by Gasteiger charge is 2.13. The molecule has 14 heavy (non-hydrogen) atoms. The van der Waals surface area contributed by atoms with Crippen LogP contribution in [0.2, 0.25) is 0 Å². The lowest BCUT2D eigenvalue weighted by molar-refractivity contribution is 0.0701. The van der Waals surface area contributed by atoms with Crippen molar-refractivity contribution in [2.45, 2.75) is 26.2 Å². The van der Waals surface area contributed by atoms with E-state index in [9.17, 15) is 4.79 Å². The van der Waals surface area contributed by atoms with Crippen LogP contribution < -0.4 is 5.73 Å². The van der Waals surface area contributed by atoms with Crippen LogP contribution in [0.25, 0.3) is 0 Å². The molecule has 0 aliphatic heterocycles. The van der Waals surface area contributed by atoms with Gasteiger partial charge in [-0.25, -0.2) is 9.78 Å². The summed E-state index contributed by atoms with van der Waals surface area (Å²) in [5.41, 5.74) is 5.98. The van der Waals surface area contributed by atoms with Gasteiger partial charge in [0.25, 0.3) is 0 Å². The first-order valence-electron chi connectivity index (χ1n) is 4.54. The van der Waals surface area contributed by atoms with Gasteiger partial charge in [-0.1, -0.05) is 0 Å². The summed E-state index contributed by atoms with van der Waals surface area (Å²) >= 11 is 1.27. The first-order chi connectivity index (χ1) is 6.65. The van der Waals surface area contributed by atoms with Crippen LogP contribution in [0.15, 0.2) is 0 Å². The van der Waals surface area contributed by atoms with Crippen molar-refractivity contribution in [3.63, 3.8) is 0 Å². The number of carboxylic acid groups (broad SMARTS) is 1. The average Bonchev–Trinajstić information content (AvgIpc) is 2.47. The second-order valence-electron chi connectivity index (χ2n) is 3.07. The van der Waals surface area contributed by atoms with Gasteiger partial charge >= 0.3 is 5.97 Å². The van der Waals surface area contributed by atoms with E-state index in [-0.39, 0.29) is 0 Å². The van der Waals surface area contributed by atoms with E-state index in [1.54, 1.807) is 6.92 Å². The van der Waals surface area contributed by atoms with Crippen molar-refractivity contribution in [2.75, 3.05) is 6.54 Å². The van der Waals surface area contributed by atoms with E-state index in [1.165, 1.54) is 11.3 Å². The molecule has 78 valence electrons. The van der Waals surface area contributed by atoms with E-state index in [2.05, 4.69) is 4.98 Å². The summed E-state index contributed by atoms with van der Waals surface area (Å²) in [7, 11) is 0. The van der Waals surface area contributed by atoms with Crippen LogP contribution in [0, 0.1) is 6.92 Å². The minimum absolute atomic E-state index is 0.354. The molecule has 1 rings (SSSR count). The lowest BCUT2D eigenvalue weighted by Crippen LogP contribution is -1.98. The van der Waals surface area contributed by atoms with Gasteiger partial charge in [-0.05, 0) is 32.7 Å². The fourth-order valence-corrected chi connectivity index (χ4v) is 2.12. The summed E-state index contributed by atoms with van der Waals surface area (Å²) in [6.45, 7) is 2.41. The summed E-state index contributed by atoms with van der Waals surface area (Å²) in [4.78, 5) is 15.3. The third-order valence-corrected chi connectivity index (χ3v) is 3.09. The minimum Gasteiger partial charge on any atom is -0.477 e. The Balaban J connectivity index is 2.62. The summed E-state index contributed by atoms with van der Waals surface area (Å²) in [6.07, 6.45) is 2.76. The maximum Gasteiger partial charge on any atom is 0.347 e. The van der Waals surface area contributed by atoms with Crippen molar-refractivity contribution in [2.24, 2.45) is 5.73 Å². The first kappa shape index (κ1) is 11.1. The number of nitrogens with two attached hydrogens (primary N) is 1. The number of aromatic nitrogens is 1. The molecule has 4 nitrogen and oxygen atoms in total. The van der Waals surface area contributed by atoms with Gasteiger partial charge in [0.15, 0.2) is 0 Å². The van der Waals surface area contributed by atoms with E-state index in [0.717, 1.165) is 24.3 Å². The Bertz CT molecular complexity index is 323. The van der Waals surface area contributed by atoms with Gasteiger partial charge in [0.2, 0.25) is 0 Å². The lowest BCUT2D eigenvalue weighted by Gasteiger charge is -1.93. The number of nitrogens with zero attached hydrogens (tertiary/aromatic N) is 1. The van der Waals surface area contributed by atoms with Crippen LogP contribution in [-0.2, 0) is 6.42 Å². The quantitative estimate of drug-likeness (QED) is 0.727. The molecule has 0 saturated carbocycles. The highest BCUT2D eigenvalue weighted by atomic mass is 32.1. The number of aromatic carboxylic acids is 1. The minimum atomic E-state index is -0.884. The average molecular weight is 214 g/mol. The van der Waals surface area contributed by atoms with E-state index in [1.807, 2.05) is 0 Å². The fourth-order valence-electron chi connectivity index (χ4n) is 1.18. The number of hydrogen-bond acceptors (Lipinski definition) is 4. The lowest BCUT2D eigenvalue weighted by atomic mass is 10.2. The molecule has 3 N–H and O–H groups in total. The van der Waals surface area contributed by atoms with Gasteiger partial charge in [0, 0.05) is 0 Å². The third kappa shape index (κ3) is 2.78. The van der Waals surface area contributed by atoms with Crippen molar-refractivity contribution in [1.82, 2.24) is 4.98 Å².